The molecule has 4 aromatic rings. The number of fused-ring (bicyclic) bond motifs is 1. The number of rotatable bonds is 8. The number of nitrogens with zero attached hydrogens (tertiary/aromatic N) is 1. The quantitative estimate of drug-likeness (QED) is 0.223. The Kier molecular flexibility index (Phi) is 7.41. The first kappa shape index (κ1) is 27.3. The Balaban J connectivity index is 0.984. The van der Waals surface area contributed by atoms with Crippen molar-refractivity contribution < 1.29 is 9.18 Å². The molecule has 1 aliphatic heterocycles. The van der Waals surface area contributed by atoms with Crippen LogP contribution < -0.4 is 5.32 Å². The van der Waals surface area contributed by atoms with E-state index in [1.807, 2.05) is 56.4 Å². The number of hydrogen-bond acceptors (Lipinski definition) is 4. The van der Waals surface area contributed by atoms with Gasteiger partial charge in [-0.2, -0.15) is 0 Å². The van der Waals surface area contributed by atoms with Crippen molar-refractivity contribution >= 4 is 27.9 Å². The molecule has 0 spiro atoms. The number of carbonyl (C=O) groups excluding carboxylic acids is 1. The molecular weight excluding hydrogens is 515 g/mol. The molecule has 40 heavy (non-hydrogen) atoms. The molecule has 1 saturated carbocycles. The predicted molar refractivity (Wildman–Crippen MR) is 165 cm³/mol. The molecule has 2 heterocycles. The van der Waals surface area contributed by atoms with E-state index in [4.69, 9.17) is 0 Å². The van der Waals surface area contributed by atoms with Crippen molar-refractivity contribution in [3.05, 3.63) is 94.9 Å². The number of nitrogens with one attached hydrogen (secondary N) is 1. The molecule has 2 unspecified atom stereocenters. The Morgan fingerprint density at radius 2 is 1.70 bits per heavy atom. The highest BCUT2D eigenvalue weighted by Gasteiger charge is 2.42. The average molecular weight is 555 g/mol. The minimum atomic E-state index is -1.14. The zero-order valence-corrected chi connectivity index (χ0v) is 24.6. The summed E-state index contributed by atoms with van der Waals surface area (Å²) in [5.41, 5.74) is 1.71. The maximum Gasteiger partial charge on any atom is 0.168 e. The number of piperidine rings is 1. The van der Waals surface area contributed by atoms with E-state index in [9.17, 15) is 4.79 Å². The number of thiophene rings is 1. The Hall–Kier alpha value is -2.86. The normalized spacial score (nSPS) is 21.0. The van der Waals surface area contributed by atoms with Crippen molar-refractivity contribution in [1.29, 1.82) is 0 Å². The van der Waals surface area contributed by atoms with E-state index >= 15 is 4.39 Å². The van der Waals surface area contributed by atoms with Gasteiger partial charge in [-0.3, -0.25) is 9.69 Å². The molecular formula is C35H39FN2OS. The average Bonchev–Trinajstić information content (AvgIpc) is 3.57. The van der Waals surface area contributed by atoms with Gasteiger partial charge in [-0.15, -0.1) is 11.3 Å². The summed E-state index contributed by atoms with van der Waals surface area (Å²) < 4.78 is 15.7. The molecule has 5 heteroatoms. The highest BCUT2D eigenvalue weighted by molar-refractivity contribution is 7.15. The molecule has 3 aromatic carbocycles. The molecule has 2 fully saturated rings. The smallest absolute Gasteiger partial charge is 0.168 e. The number of hydrogen-bond donors (Lipinski definition) is 1. The molecule has 208 valence electrons. The molecule has 0 radical (unpaired) electrons. The van der Waals surface area contributed by atoms with Gasteiger partial charge >= 0.3 is 0 Å². The minimum Gasteiger partial charge on any atom is -0.310 e. The molecule has 0 bridgehead atoms. The maximum atomic E-state index is 15.7. The van der Waals surface area contributed by atoms with Crippen LogP contribution in [-0.2, 0) is 6.54 Å². The molecule has 6 rings (SSSR count). The lowest BCUT2D eigenvalue weighted by molar-refractivity contribution is 0.0544. The largest absolute Gasteiger partial charge is 0.310 e. The molecule has 1 aromatic heterocycles. The minimum absolute atomic E-state index is 0.161. The summed E-state index contributed by atoms with van der Waals surface area (Å²) >= 11 is 1.88. The standard InChI is InChI=1S/C35H39FN2OS/c1-34(2,3)33(39)26-13-11-24(12-14-26)22-38-19-17-35(36,18-20-38)23-37-30-21-29(30)32-16-15-31(40-32)28-10-6-8-25-7-4-5-9-27(25)28/h4-16,29-30,37H,17-23H2,1-3H3. The number of alkyl halides is 1. The van der Waals surface area contributed by atoms with Crippen molar-refractivity contribution in [3.63, 3.8) is 0 Å². The third-order valence-electron chi connectivity index (χ3n) is 8.57. The number of likely N-dealkylation sites (tertiary alicyclic amines) is 1. The Labute approximate surface area is 241 Å². The van der Waals surface area contributed by atoms with E-state index in [0.29, 0.717) is 31.3 Å². The first-order valence-electron chi connectivity index (χ1n) is 14.5. The number of carbonyl (C=O) groups is 1. The second-order valence-corrected chi connectivity index (χ2v) is 13.9. The van der Waals surface area contributed by atoms with Crippen LogP contribution in [0, 0.1) is 5.41 Å². The van der Waals surface area contributed by atoms with Crippen LogP contribution in [0.5, 0.6) is 0 Å². The number of Topliss-reactive ketones (excluding diaryl/α,β-unsaturated/α-hetero) is 1. The van der Waals surface area contributed by atoms with Crippen molar-refractivity contribution in [3.8, 4) is 10.4 Å². The van der Waals surface area contributed by atoms with Crippen molar-refractivity contribution in [2.75, 3.05) is 19.6 Å². The van der Waals surface area contributed by atoms with E-state index in [-0.39, 0.29) is 11.2 Å². The summed E-state index contributed by atoms with van der Waals surface area (Å²) in [6.45, 7) is 8.60. The molecule has 0 amide bonds. The maximum absolute atomic E-state index is 15.7. The van der Waals surface area contributed by atoms with Crippen LogP contribution >= 0.6 is 11.3 Å². The first-order valence-corrected chi connectivity index (χ1v) is 15.4. The van der Waals surface area contributed by atoms with Gasteiger partial charge < -0.3 is 5.32 Å². The number of halogens is 1. The highest BCUT2D eigenvalue weighted by Crippen LogP contribution is 2.46. The molecule has 2 aliphatic rings. The van der Waals surface area contributed by atoms with Crippen LogP contribution in [0.1, 0.15) is 66.8 Å². The van der Waals surface area contributed by atoms with E-state index < -0.39 is 5.67 Å². The van der Waals surface area contributed by atoms with Crippen molar-refractivity contribution in [2.24, 2.45) is 5.41 Å². The topological polar surface area (TPSA) is 32.3 Å². The summed E-state index contributed by atoms with van der Waals surface area (Å²) in [6, 6.07) is 27.9. The van der Waals surface area contributed by atoms with E-state index in [1.165, 1.54) is 31.7 Å². The predicted octanol–water partition coefficient (Wildman–Crippen LogP) is 8.25. The zero-order valence-electron chi connectivity index (χ0n) is 23.8. The second kappa shape index (κ2) is 10.8. The van der Waals surface area contributed by atoms with Crippen LogP contribution in [0.2, 0.25) is 0 Å². The molecule has 1 saturated heterocycles. The molecule has 1 aliphatic carbocycles. The SMILES string of the molecule is CC(C)(C)C(=O)c1ccc(CN2CCC(F)(CNC3CC3c3ccc(-c4cccc5ccccc45)s3)CC2)cc1. The lowest BCUT2D eigenvalue weighted by Crippen LogP contribution is -2.47. The van der Waals surface area contributed by atoms with Gasteiger partial charge in [-0.1, -0.05) is 87.5 Å². The summed E-state index contributed by atoms with van der Waals surface area (Å²) in [5, 5.41) is 6.13. The second-order valence-electron chi connectivity index (χ2n) is 12.8. The number of ketones is 1. The van der Waals surface area contributed by atoms with Crippen molar-refractivity contribution in [2.45, 2.75) is 64.2 Å². The molecule has 2 atom stereocenters. The fourth-order valence-electron chi connectivity index (χ4n) is 5.93. The van der Waals surface area contributed by atoms with E-state index in [1.54, 1.807) is 0 Å². The van der Waals surface area contributed by atoms with Gasteiger partial charge in [0.15, 0.2) is 5.78 Å². The fraction of sp³-hybridized carbons (Fsp3) is 0.400. The van der Waals surface area contributed by atoms with Gasteiger partial charge in [0, 0.05) is 58.9 Å². The van der Waals surface area contributed by atoms with Crippen LogP contribution in [0.25, 0.3) is 21.2 Å². The monoisotopic (exact) mass is 554 g/mol. The summed E-state index contributed by atoms with van der Waals surface area (Å²) in [5.74, 6) is 0.652. The number of benzene rings is 3. The third-order valence-corrected chi connectivity index (χ3v) is 9.82. The zero-order chi connectivity index (χ0) is 27.9. The lowest BCUT2D eigenvalue weighted by Gasteiger charge is -2.36. The Bertz CT molecular complexity index is 1490. The van der Waals surface area contributed by atoms with Crippen LogP contribution in [0.4, 0.5) is 4.39 Å². The summed E-state index contributed by atoms with van der Waals surface area (Å²) in [4.78, 5) is 17.5. The van der Waals surface area contributed by atoms with Crippen molar-refractivity contribution in [1.82, 2.24) is 10.2 Å². The van der Waals surface area contributed by atoms with Gasteiger partial charge in [0.2, 0.25) is 0 Å². The van der Waals surface area contributed by atoms with E-state index in [0.717, 1.165) is 31.6 Å². The van der Waals surface area contributed by atoms with Crippen LogP contribution in [0.3, 0.4) is 0 Å². The first-order chi connectivity index (χ1) is 19.2. The van der Waals surface area contributed by atoms with Crippen LogP contribution in [-0.4, -0.2) is 42.0 Å². The Morgan fingerprint density at radius 3 is 2.45 bits per heavy atom. The molecule has 3 nitrogen and oxygen atoms in total. The summed E-state index contributed by atoms with van der Waals surface area (Å²) in [6.07, 6.45) is 2.20. The fourth-order valence-corrected chi connectivity index (χ4v) is 7.15. The van der Waals surface area contributed by atoms with Gasteiger partial charge in [0.05, 0.1) is 0 Å². The van der Waals surface area contributed by atoms with Gasteiger partial charge in [-0.25, -0.2) is 4.39 Å². The Morgan fingerprint density at radius 1 is 0.975 bits per heavy atom. The summed E-state index contributed by atoms with van der Waals surface area (Å²) in [7, 11) is 0. The van der Waals surface area contributed by atoms with E-state index in [2.05, 4.69) is 64.8 Å². The van der Waals surface area contributed by atoms with Gasteiger partial charge in [-0.05, 0) is 53.3 Å². The lowest BCUT2D eigenvalue weighted by atomic mass is 9.86. The van der Waals surface area contributed by atoms with Gasteiger partial charge in [0.1, 0.15) is 5.67 Å². The van der Waals surface area contributed by atoms with Crippen LogP contribution in [0.15, 0.2) is 78.9 Å². The molecule has 1 N–H and O–H groups in total. The third kappa shape index (κ3) is 5.93. The van der Waals surface area contributed by atoms with Gasteiger partial charge in [0.25, 0.3) is 0 Å². The highest BCUT2D eigenvalue weighted by atomic mass is 32.1.